The highest BCUT2D eigenvalue weighted by Gasteiger charge is 2.44. The molecule has 0 radical (unpaired) electrons. The van der Waals surface area contributed by atoms with Crippen molar-refractivity contribution in [1.29, 1.82) is 0 Å². The van der Waals surface area contributed by atoms with Crippen molar-refractivity contribution in [2.24, 2.45) is 0 Å². The third-order valence-corrected chi connectivity index (χ3v) is 5.16. The molecule has 1 aliphatic carbocycles. The Balaban J connectivity index is 1.59. The lowest BCUT2D eigenvalue weighted by Gasteiger charge is -2.41. The predicted octanol–water partition coefficient (Wildman–Crippen LogP) is 2.09. The maximum absolute atomic E-state index is 12.9. The number of aryl methyl sites for hydroxylation is 2. The van der Waals surface area contributed by atoms with Gasteiger partial charge in [-0.25, -0.2) is 4.98 Å². The number of nitrogens with zero attached hydrogens (tertiary/aromatic N) is 2. The second kappa shape index (κ2) is 5.08. The molecular weight excluding hydrogens is 292 g/mol. The normalized spacial score (nSPS) is 21.2. The summed E-state index contributed by atoms with van der Waals surface area (Å²) in [6, 6.07) is 4.09. The number of ether oxygens (including phenoxy) is 1. The van der Waals surface area contributed by atoms with E-state index in [1.165, 1.54) is 17.5 Å². The number of carbonyl (C=O) groups excluding carboxylic acids is 1. The minimum absolute atomic E-state index is 0.00287. The second-order valence-corrected chi connectivity index (χ2v) is 6.60. The molecule has 0 bridgehead atoms. The van der Waals surface area contributed by atoms with Crippen LogP contribution in [0.2, 0.25) is 0 Å². The van der Waals surface area contributed by atoms with Crippen LogP contribution in [0.25, 0.3) is 0 Å². The van der Waals surface area contributed by atoms with Crippen LogP contribution in [0.15, 0.2) is 18.5 Å². The molecule has 2 aliphatic rings. The van der Waals surface area contributed by atoms with E-state index >= 15 is 0 Å². The molecule has 120 valence electrons. The first-order chi connectivity index (χ1) is 11.1. The largest absolute Gasteiger partial charge is 0.492 e. The average molecular weight is 312 g/mol. The van der Waals surface area contributed by atoms with Gasteiger partial charge in [-0.3, -0.25) is 9.89 Å². The van der Waals surface area contributed by atoms with Gasteiger partial charge < -0.3 is 10.1 Å². The molecule has 6 nitrogen and oxygen atoms in total. The van der Waals surface area contributed by atoms with Crippen LogP contribution in [0.3, 0.4) is 0 Å². The first-order valence-corrected chi connectivity index (χ1v) is 8.01. The summed E-state index contributed by atoms with van der Waals surface area (Å²) in [5.41, 5.74) is 2.95. The van der Waals surface area contributed by atoms with E-state index in [2.05, 4.69) is 40.4 Å². The summed E-state index contributed by atoms with van der Waals surface area (Å²) in [7, 11) is 0. The maximum atomic E-state index is 12.9. The van der Waals surface area contributed by atoms with E-state index in [1.807, 2.05) is 6.07 Å². The Morgan fingerprint density at radius 1 is 1.35 bits per heavy atom. The zero-order chi connectivity index (χ0) is 16.0. The molecule has 6 heteroatoms. The fourth-order valence-corrected chi connectivity index (χ4v) is 3.40. The summed E-state index contributed by atoms with van der Waals surface area (Å²) in [6.07, 6.45) is 4.35. The van der Waals surface area contributed by atoms with Crippen molar-refractivity contribution in [2.45, 2.75) is 44.6 Å². The van der Waals surface area contributed by atoms with Gasteiger partial charge in [0.15, 0.2) is 0 Å². The average Bonchev–Trinajstić information content (AvgIpc) is 3.13. The van der Waals surface area contributed by atoms with E-state index in [-0.39, 0.29) is 11.8 Å². The quantitative estimate of drug-likeness (QED) is 0.909. The Kier molecular flexibility index (Phi) is 3.14. The summed E-state index contributed by atoms with van der Waals surface area (Å²) in [5, 5.41) is 10.0. The Hall–Kier alpha value is -2.37. The van der Waals surface area contributed by atoms with Crippen LogP contribution in [0, 0.1) is 13.8 Å². The Bertz CT molecular complexity index is 750. The highest BCUT2D eigenvalue weighted by Crippen LogP contribution is 2.41. The van der Waals surface area contributed by atoms with Gasteiger partial charge >= 0.3 is 0 Å². The van der Waals surface area contributed by atoms with Crippen molar-refractivity contribution in [3.05, 3.63) is 41.0 Å². The number of hydrogen-bond donors (Lipinski definition) is 2. The van der Waals surface area contributed by atoms with Crippen LogP contribution in [-0.2, 0) is 10.3 Å². The lowest BCUT2D eigenvalue weighted by molar-refractivity contribution is -0.126. The topological polar surface area (TPSA) is 79.9 Å². The molecule has 1 atom stereocenters. The van der Waals surface area contributed by atoms with Crippen LogP contribution < -0.4 is 10.1 Å². The van der Waals surface area contributed by atoms with Crippen molar-refractivity contribution < 1.29 is 9.53 Å². The highest BCUT2D eigenvalue weighted by molar-refractivity contribution is 5.86. The number of hydrogen-bond acceptors (Lipinski definition) is 4. The van der Waals surface area contributed by atoms with Crippen molar-refractivity contribution in [3.8, 4) is 5.75 Å². The van der Waals surface area contributed by atoms with Crippen molar-refractivity contribution >= 4 is 5.91 Å². The molecule has 1 aromatic carbocycles. The monoisotopic (exact) mass is 312 g/mol. The molecule has 1 aromatic heterocycles. The molecule has 1 amide bonds. The van der Waals surface area contributed by atoms with Crippen molar-refractivity contribution in [3.63, 3.8) is 0 Å². The summed E-state index contributed by atoms with van der Waals surface area (Å²) in [5.74, 6) is 1.32. The zero-order valence-corrected chi connectivity index (χ0v) is 13.3. The molecule has 0 spiro atoms. The van der Waals surface area contributed by atoms with Crippen LogP contribution in [0.5, 0.6) is 5.75 Å². The fraction of sp³-hybridized carbons (Fsp3) is 0.471. The molecule has 1 fully saturated rings. The van der Waals surface area contributed by atoms with Gasteiger partial charge in [-0.15, -0.1) is 0 Å². The van der Waals surface area contributed by atoms with Gasteiger partial charge in [-0.2, -0.15) is 5.10 Å². The first kappa shape index (κ1) is 14.2. The number of aromatic amines is 1. The van der Waals surface area contributed by atoms with E-state index in [1.54, 1.807) is 0 Å². The van der Waals surface area contributed by atoms with Gasteiger partial charge in [0.25, 0.3) is 0 Å². The van der Waals surface area contributed by atoms with Crippen LogP contribution in [0.1, 0.15) is 47.7 Å². The number of H-pyrrole nitrogens is 1. The van der Waals surface area contributed by atoms with Gasteiger partial charge in [0, 0.05) is 5.56 Å². The number of amides is 1. The SMILES string of the molecule is Cc1cc2c(cc1C)C(C(=O)NC1(c3ncn[nH]3)CCC1)CO2. The molecule has 2 heterocycles. The van der Waals surface area contributed by atoms with Crippen molar-refractivity contribution in [1.82, 2.24) is 20.5 Å². The Morgan fingerprint density at radius 2 is 2.13 bits per heavy atom. The lowest BCUT2D eigenvalue weighted by atomic mass is 9.75. The minimum Gasteiger partial charge on any atom is -0.492 e. The van der Waals surface area contributed by atoms with Crippen LogP contribution in [-0.4, -0.2) is 27.7 Å². The lowest BCUT2D eigenvalue weighted by Crippen LogP contribution is -2.53. The van der Waals surface area contributed by atoms with E-state index < -0.39 is 5.54 Å². The third-order valence-electron chi connectivity index (χ3n) is 5.16. The second-order valence-electron chi connectivity index (χ2n) is 6.60. The predicted molar refractivity (Wildman–Crippen MR) is 84.2 cm³/mol. The Morgan fingerprint density at radius 3 is 2.78 bits per heavy atom. The molecule has 1 unspecified atom stereocenters. The van der Waals surface area contributed by atoms with E-state index in [9.17, 15) is 4.79 Å². The minimum atomic E-state index is -0.393. The van der Waals surface area contributed by atoms with Gasteiger partial charge in [0.05, 0.1) is 5.54 Å². The third kappa shape index (κ3) is 2.20. The van der Waals surface area contributed by atoms with Crippen LogP contribution >= 0.6 is 0 Å². The first-order valence-electron chi connectivity index (χ1n) is 8.01. The standard InChI is InChI=1S/C17H20N4O2/c1-10-6-12-13(8-23-14(12)7-11(10)2)15(22)20-17(4-3-5-17)16-18-9-19-21-16/h6-7,9,13H,3-5,8H2,1-2H3,(H,20,22)(H,18,19,21). The molecule has 2 aromatic rings. The fourth-order valence-electron chi connectivity index (χ4n) is 3.40. The molecule has 23 heavy (non-hydrogen) atoms. The van der Waals surface area contributed by atoms with E-state index in [0.717, 1.165) is 36.4 Å². The molecule has 1 saturated carbocycles. The molecule has 2 N–H and O–H groups in total. The van der Waals surface area contributed by atoms with Crippen molar-refractivity contribution in [2.75, 3.05) is 6.61 Å². The van der Waals surface area contributed by atoms with Gasteiger partial charge in [0.2, 0.25) is 5.91 Å². The molecule has 4 rings (SSSR count). The smallest absolute Gasteiger partial charge is 0.231 e. The summed E-state index contributed by atoms with van der Waals surface area (Å²) >= 11 is 0. The highest BCUT2D eigenvalue weighted by atomic mass is 16.5. The van der Waals surface area contributed by atoms with E-state index in [4.69, 9.17) is 4.74 Å². The number of aromatic nitrogens is 3. The van der Waals surface area contributed by atoms with E-state index in [0.29, 0.717) is 6.61 Å². The van der Waals surface area contributed by atoms with Gasteiger partial charge in [-0.05, 0) is 50.3 Å². The maximum Gasteiger partial charge on any atom is 0.231 e. The number of nitrogens with one attached hydrogen (secondary N) is 2. The molecule has 1 aliphatic heterocycles. The van der Waals surface area contributed by atoms with Gasteiger partial charge in [0.1, 0.15) is 30.4 Å². The van der Waals surface area contributed by atoms with Crippen LogP contribution in [0.4, 0.5) is 0 Å². The number of fused-ring (bicyclic) bond motifs is 1. The summed E-state index contributed by atoms with van der Waals surface area (Å²) in [6.45, 7) is 4.51. The molecular formula is C17H20N4O2. The number of rotatable bonds is 3. The zero-order valence-electron chi connectivity index (χ0n) is 13.3. The van der Waals surface area contributed by atoms with Gasteiger partial charge in [-0.1, -0.05) is 6.07 Å². The summed E-state index contributed by atoms with van der Waals surface area (Å²) < 4.78 is 5.73. The number of benzene rings is 1. The Labute approximate surface area is 134 Å². The number of carbonyl (C=O) groups is 1. The molecule has 0 saturated heterocycles. The summed E-state index contributed by atoms with van der Waals surface area (Å²) in [4.78, 5) is 17.1.